The van der Waals surface area contributed by atoms with Crippen molar-refractivity contribution in [2.75, 3.05) is 33.0 Å². The van der Waals surface area contributed by atoms with E-state index in [-0.39, 0.29) is 36.6 Å². The smallest absolute Gasteiger partial charge is 0.254 e. The Morgan fingerprint density at radius 1 is 1.00 bits per heavy atom. The van der Waals surface area contributed by atoms with Gasteiger partial charge in [0.25, 0.3) is 11.8 Å². The van der Waals surface area contributed by atoms with E-state index in [1.54, 1.807) is 23.1 Å². The molecule has 2 amide bonds. The zero-order chi connectivity index (χ0) is 22.8. The molecule has 0 spiro atoms. The number of rotatable bonds is 5. The van der Waals surface area contributed by atoms with Crippen LogP contribution in [0, 0.1) is 5.82 Å². The molecule has 1 saturated heterocycles. The van der Waals surface area contributed by atoms with E-state index in [1.807, 2.05) is 4.90 Å². The molecule has 2 fully saturated rings. The molecule has 2 aromatic carbocycles. The van der Waals surface area contributed by atoms with Crippen LogP contribution in [0.4, 0.5) is 4.39 Å². The zero-order valence-electron chi connectivity index (χ0n) is 18.4. The lowest BCUT2D eigenvalue weighted by Gasteiger charge is -2.38. The molecule has 2 aromatic rings. The van der Waals surface area contributed by atoms with Crippen molar-refractivity contribution in [3.63, 3.8) is 0 Å². The summed E-state index contributed by atoms with van der Waals surface area (Å²) in [6.45, 7) is 1.84. The molecule has 0 bridgehead atoms. The summed E-state index contributed by atoms with van der Waals surface area (Å²) in [6.07, 6.45) is 3.76. The number of hydrogen-bond donors (Lipinski definition) is 0. The van der Waals surface area contributed by atoms with Crippen LogP contribution in [0.2, 0.25) is 0 Å². The van der Waals surface area contributed by atoms with E-state index in [1.165, 1.54) is 24.3 Å². The molecule has 33 heavy (non-hydrogen) atoms. The van der Waals surface area contributed by atoms with E-state index in [0.29, 0.717) is 48.9 Å². The highest BCUT2D eigenvalue weighted by Gasteiger charge is 2.33. The maximum Gasteiger partial charge on any atom is 0.254 e. The number of amides is 2. The lowest BCUT2D eigenvalue weighted by Crippen LogP contribution is -2.52. The van der Waals surface area contributed by atoms with Gasteiger partial charge in [0.15, 0.2) is 11.5 Å². The van der Waals surface area contributed by atoms with Gasteiger partial charge in [-0.25, -0.2) is 4.39 Å². The summed E-state index contributed by atoms with van der Waals surface area (Å²) in [5, 5.41) is 0. The van der Waals surface area contributed by atoms with Crippen LogP contribution in [0.5, 0.6) is 11.5 Å². The summed E-state index contributed by atoms with van der Waals surface area (Å²) < 4.78 is 30.1. The normalized spacial score (nSPS) is 20.2. The molecule has 0 radical (unpaired) electrons. The monoisotopic (exact) mass is 454 g/mol. The predicted octanol–water partition coefficient (Wildman–Crippen LogP) is 3.48. The van der Waals surface area contributed by atoms with E-state index in [2.05, 4.69) is 0 Å². The first kappa shape index (κ1) is 21.7. The van der Waals surface area contributed by atoms with E-state index >= 15 is 0 Å². The van der Waals surface area contributed by atoms with Gasteiger partial charge in [0.1, 0.15) is 5.82 Å². The summed E-state index contributed by atoms with van der Waals surface area (Å²) in [5.74, 6) is 0.622. The minimum Gasteiger partial charge on any atom is -0.454 e. The molecular formula is C25H27FN2O5. The minimum absolute atomic E-state index is 0.0983. The highest BCUT2D eigenvalue weighted by Crippen LogP contribution is 2.33. The highest BCUT2D eigenvalue weighted by molar-refractivity contribution is 5.95. The number of carbonyl (C=O) groups excluding carboxylic acids is 2. The largest absolute Gasteiger partial charge is 0.454 e. The summed E-state index contributed by atoms with van der Waals surface area (Å²) >= 11 is 0. The van der Waals surface area contributed by atoms with Gasteiger partial charge in [0.05, 0.1) is 12.7 Å². The van der Waals surface area contributed by atoms with E-state index in [0.717, 1.165) is 25.7 Å². The van der Waals surface area contributed by atoms with Gasteiger partial charge in [-0.05, 0) is 55.3 Å². The van der Waals surface area contributed by atoms with Crippen molar-refractivity contribution in [2.24, 2.45) is 0 Å². The Labute approximate surface area is 192 Å². The molecule has 0 aromatic heterocycles. The Morgan fingerprint density at radius 2 is 1.73 bits per heavy atom. The first-order valence-corrected chi connectivity index (χ1v) is 11.5. The van der Waals surface area contributed by atoms with Crippen LogP contribution in [-0.4, -0.2) is 66.8 Å². The third-order valence-electron chi connectivity index (χ3n) is 6.56. The van der Waals surface area contributed by atoms with Gasteiger partial charge in [-0.15, -0.1) is 0 Å². The number of carbonyl (C=O) groups is 2. The van der Waals surface area contributed by atoms with Crippen molar-refractivity contribution < 1.29 is 28.2 Å². The van der Waals surface area contributed by atoms with Crippen molar-refractivity contribution in [3.05, 3.63) is 59.4 Å². The van der Waals surface area contributed by atoms with Gasteiger partial charge in [-0.3, -0.25) is 9.59 Å². The van der Waals surface area contributed by atoms with E-state index in [4.69, 9.17) is 14.2 Å². The SMILES string of the molecule is O=C(c1ccc2c(c1)OCO2)N1CCOC(CN(C(=O)c2ccc(F)cc2)C2CCCC2)C1. The van der Waals surface area contributed by atoms with Gasteiger partial charge >= 0.3 is 0 Å². The van der Waals surface area contributed by atoms with Crippen molar-refractivity contribution in [2.45, 2.75) is 37.8 Å². The van der Waals surface area contributed by atoms with Crippen molar-refractivity contribution >= 4 is 11.8 Å². The second-order valence-corrected chi connectivity index (χ2v) is 8.71. The molecule has 3 aliphatic rings. The van der Waals surface area contributed by atoms with Crippen LogP contribution >= 0.6 is 0 Å². The molecule has 1 atom stereocenters. The molecule has 0 N–H and O–H groups in total. The molecule has 7 nitrogen and oxygen atoms in total. The average Bonchev–Trinajstić information content (AvgIpc) is 3.54. The average molecular weight is 454 g/mol. The topological polar surface area (TPSA) is 68.3 Å². The molecule has 5 rings (SSSR count). The second-order valence-electron chi connectivity index (χ2n) is 8.71. The minimum atomic E-state index is -0.368. The Hall–Kier alpha value is -3.13. The van der Waals surface area contributed by atoms with Gasteiger partial charge in [-0.1, -0.05) is 12.8 Å². The van der Waals surface area contributed by atoms with E-state index in [9.17, 15) is 14.0 Å². The molecule has 1 unspecified atom stereocenters. The Balaban J connectivity index is 1.29. The van der Waals surface area contributed by atoms with Crippen molar-refractivity contribution in [1.29, 1.82) is 0 Å². The lowest BCUT2D eigenvalue weighted by molar-refractivity contribution is -0.0371. The number of halogens is 1. The number of benzene rings is 2. The zero-order valence-corrected chi connectivity index (χ0v) is 18.4. The molecule has 8 heteroatoms. The van der Waals surface area contributed by atoms with Crippen LogP contribution in [0.25, 0.3) is 0 Å². The van der Waals surface area contributed by atoms with Crippen molar-refractivity contribution in [3.8, 4) is 11.5 Å². The Kier molecular flexibility index (Phi) is 6.17. The van der Waals surface area contributed by atoms with Crippen LogP contribution in [0.1, 0.15) is 46.4 Å². The number of nitrogens with zero attached hydrogens (tertiary/aromatic N) is 2. The summed E-state index contributed by atoms with van der Waals surface area (Å²) in [4.78, 5) is 30.1. The summed E-state index contributed by atoms with van der Waals surface area (Å²) in [6, 6.07) is 11.0. The van der Waals surface area contributed by atoms with Gasteiger partial charge in [-0.2, -0.15) is 0 Å². The maximum absolute atomic E-state index is 13.4. The summed E-state index contributed by atoms with van der Waals surface area (Å²) in [7, 11) is 0. The van der Waals surface area contributed by atoms with Gasteiger partial charge in [0.2, 0.25) is 6.79 Å². The predicted molar refractivity (Wildman–Crippen MR) is 118 cm³/mol. The fourth-order valence-corrected chi connectivity index (χ4v) is 4.82. The third kappa shape index (κ3) is 4.66. The van der Waals surface area contributed by atoms with Gasteiger partial charge < -0.3 is 24.0 Å². The molecule has 174 valence electrons. The van der Waals surface area contributed by atoms with E-state index < -0.39 is 0 Å². The quantitative estimate of drug-likeness (QED) is 0.692. The number of morpholine rings is 1. The fraction of sp³-hybridized carbons (Fsp3) is 0.440. The number of ether oxygens (including phenoxy) is 3. The first-order valence-electron chi connectivity index (χ1n) is 11.5. The molecule has 2 heterocycles. The lowest BCUT2D eigenvalue weighted by atomic mass is 10.1. The van der Waals surface area contributed by atoms with Crippen LogP contribution < -0.4 is 9.47 Å². The van der Waals surface area contributed by atoms with Crippen molar-refractivity contribution in [1.82, 2.24) is 9.80 Å². The first-order chi connectivity index (χ1) is 16.1. The van der Waals surface area contributed by atoms with Crippen LogP contribution in [-0.2, 0) is 4.74 Å². The van der Waals surface area contributed by atoms with Crippen LogP contribution in [0.15, 0.2) is 42.5 Å². The Morgan fingerprint density at radius 3 is 2.52 bits per heavy atom. The molecule has 2 aliphatic heterocycles. The summed E-state index contributed by atoms with van der Waals surface area (Å²) in [5.41, 5.74) is 1.00. The third-order valence-corrected chi connectivity index (χ3v) is 6.56. The highest BCUT2D eigenvalue weighted by atomic mass is 19.1. The second kappa shape index (κ2) is 9.39. The Bertz CT molecular complexity index is 1020. The van der Waals surface area contributed by atoms with Gasteiger partial charge in [0, 0.05) is 36.8 Å². The molecule has 1 aliphatic carbocycles. The fourth-order valence-electron chi connectivity index (χ4n) is 4.82. The van der Waals surface area contributed by atoms with Crippen LogP contribution in [0.3, 0.4) is 0 Å². The maximum atomic E-state index is 13.4. The number of fused-ring (bicyclic) bond motifs is 1. The molecular weight excluding hydrogens is 427 g/mol. The standard InChI is InChI=1S/C25H27FN2O5/c26-19-8-5-17(6-9-19)25(30)28(20-3-1-2-4-20)15-21-14-27(11-12-31-21)24(29)18-7-10-22-23(13-18)33-16-32-22/h5-10,13,20-21H,1-4,11-12,14-16H2. The molecule has 1 saturated carbocycles. The number of hydrogen-bond acceptors (Lipinski definition) is 5.